The quantitative estimate of drug-likeness (QED) is 0.496. The zero-order valence-electron chi connectivity index (χ0n) is 17.5. The topological polar surface area (TPSA) is 64.0 Å². The second-order valence-electron chi connectivity index (χ2n) is 7.71. The second kappa shape index (κ2) is 9.39. The molecule has 0 radical (unpaired) electrons. The van der Waals surface area contributed by atoms with E-state index in [0.717, 1.165) is 23.8 Å². The van der Waals surface area contributed by atoms with Crippen LogP contribution in [-0.4, -0.2) is 21.5 Å². The Balaban J connectivity index is 1.52. The molecule has 0 bridgehead atoms. The molecule has 1 unspecified atom stereocenters. The Morgan fingerprint density at radius 1 is 0.935 bits per heavy atom. The summed E-state index contributed by atoms with van der Waals surface area (Å²) in [5.41, 5.74) is 3.03. The first-order chi connectivity index (χ1) is 15.1. The highest BCUT2D eigenvalue weighted by Crippen LogP contribution is 2.24. The predicted octanol–water partition coefficient (Wildman–Crippen LogP) is 4.20. The molecule has 5 nitrogen and oxygen atoms in total. The summed E-state index contributed by atoms with van der Waals surface area (Å²) in [6.07, 6.45) is 1.72. The predicted molar refractivity (Wildman–Crippen MR) is 124 cm³/mol. The van der Waals surface area contributed by atoms with E-state index in [1.807, 2.05) is 79.7 Å². The van der Waals surface area contributed by atoms with Crippen LogP contribution >= 0.6 is 0 Å². The molecule has 1 heterocycles. The number of amides is 1. The maximum absolute atomic E-state index is 12.8. The van der Waals surface area contributed by atoms with Gasteiger partial charge in [-0.3, -0.25) is 9.36 Å². The van der Waals surface area contributed by atoms with Crippen LogP contribution in [0.5, 0.6) is 0 Å². The Kier molecular flexibility index (Phi) is 6.22. The fourth-order valence-electron chi connectivity index (χ4n) is 3.76. The van der Waals surface area contributed by atoms with E-state index in [-0.39, 0.29) is 18.5 Å². The van der Waals surface area contributed by atoms with E-state index >= 15 is 0 Å². The molecular weight excluding hydrogens is 386 g/mol. The molecule has 4 aromatic rings. The molecule has 3 aromatic carbocycles. The van der Waals surface area contributed by atoms with Crippen molar-refractivity contribution in [3.63, 3.8) is 0 Å². The van der Waals surface area contributed by atoms with Crippen molar-refractivity contribution in [2.45, 2.75) is 32.4 Å². The monoisotopic (exact) mass is 411 g/mol. The number of hydrogen-bond donors (Lipinski definition) is 1. The van der Waals surface area contributed by atoms with E-state index in [1.54, 1.807) is 0 Å². The molecule has 0 aliphatic carbocycles. The van der Waals surface area contributed by atoms with Crippen molar-refractivity contribution < 1.29 is 4.79 Å². The summed E-state index contributed by atoms with van der Waals surface area (Å²) in [4.78, 5) is 29.8. The van der Waals surface area contributed by atoms with Crippen molar-refractivity contribution >= 4 is 16.8 Å². The number of para-hydroxylation sites is 1. The first kappa shape index (κ1) is 20.5. The zero-order chi connectivity index (χ0) is 21.6. The standard InChI is InChI=1S/C26H25N3O2/c1-19(16-17-20-10-4-2-5-11-20)27-24(30)18-29-23-15-9-8-14-22(23)25(28-26(29)31)21-12-6-3-7-13-21/h2-15,19H,16-18H2,1H3,(H,27,30). The molecule has 1 atom stereocenters. The normalized spacial score (nSPS) is 11.9. The molecule has 0 spiro atoms. The molecular formula is C26H25N3O2. The maximum atomic E-state index is 12.8. The number of aryl methyl sites for hydroxylation is 1. The summed E-state index contributed by atoms with van der Waals surface area (Å²) in [6.45, 7) is 1.93. The highest BCUT2D eigenvalue weighted by atomic mass is 16.2. The van der Waals surface area contributed by atoms with Crippen LogP contribution < -0.4 is 11.0 Å². The molecule has 4 rings (SSSR count). The van der Waals surface area contributed by atoms with Crippen LogP contribution in [0.4, 0.5) is 0 Å². The summed E-state index contributed by atoms with van der Waals surface area (Å²) < 4.78 is 1.45. The van der Waals surface area contributed by atoms with E-state index in [1.165, 1.54) is 10.1 Å². The molecule has 1 aromatic heterocycles. The molecule has 5 heteroatoms. The van der Waals surface area contributed by atoms with Gasteiger partial charge in [-0.25, -0.2) is 4.79 Å². The van der Waals surface area contributed by atoms with Crippen LogP contribution in [0, 0.1) is 0 Å². The van der Waals surface area contributed by atoms with Gasteiger partial charge in [-0.05, 0) is 31.4 Å². The number of carbonyl (C=O) groups is 1. The molecule has 1 N–H and O–H groups in total. The van der Waals surface area contributed by atoms with Gasteiger partial charge in [0.15, 0.2) is 0 Å². The van der Waals surface area contributed by atoms with Gasteiger partial charge in [-0.2, -0.15) is 4.98 Å². The zero-order valence-corrected chi connectivity index (χ0v) is 17.5. The van der Waals surface area contributed by atoms with Crippen molar-refractivity contribution in [1.29, 1.82) is 0 Å². The SMILES string of the molecule is CC(CCc1ccccc1)NC(=O)Cn1c(=O)nc(-c2ccccc2)c2ccccc21. The van der Waals surface area contributed by atoms with Gasteiger partial charge in [0.05, 0.1) is 11.2 Å². The Morgan fingerprint density at radius 3 is 2.32 bits per heavy atom. The number of carbonyl (C=O) groups excluding carboxylic acids is 1. The fourth-order valence-corrected chi connectivity index (χ4v) is 3.76. The lowest BCUT2D eigenvalue weighted by Gasteiger charge is -2.16. The van der Waals surface area contributed by atoms with Crippen molar-refractivity contribution in [2.75, 3.05) is 0 Å². The molecule has 31 heavy (non-hydrogen) atoms. The number of fused-ring (bicyclic) bond motifs is 1. The van der Waals surface area contributed by atoms with Gasteiger partial charge in [-0.15, -0.1) is 0 Å². The lowest BCUT2D eigenvalue weighted by atomic mass is 10.1. The van der Waals surface area contributed by atoms with Crippen molar-refractivity contribution in [1.82, 2.24) is 14.9 Å². The number of aromatic nitrogens is 2. The van der Waals surface area contributed by atoms with Gasteiger partial charge in [-0.1, -0.05) is 78.9 Å². The largest absolute Gasteiger partial charge is 0.352 e. The molecule has 0 aliphatic rings. The van der Waals surface area contributed by atoms with Gasteiger partial charge >= 0.3 is 5.69 Å². The molecule has 0 saturated carbocycles. The van der Waals surface area contributed by atoms with Gasteiger partial charge in [0, 0.05) is 17.0 Å². The Hall–Kier alpha value is -3.73. The van der Waals surface area contributed by atoms with Gasteiger partial charge < -0.3 is 5.32 Å². The summed E-state index contributed by atoms with van der Waals surface area (Å²) in [7, 11) is 0. The average molecular weight is 412 g/mol. The third kappa shape index (κ3) is 4.89. The van der Waals surface area contributed by atoms with E-state index in [4.69, 9.17) is 0 Å². The summed E-state index contributed by atoms with van der Waals surface area (Å²) >= 11 is 0. The first-order valence-corrected chi connectivity index (χ1v) is 10.5. The van der Waals surface area contributed by atoms with Crippen LogP contribution in [-0.2, 0) is 17.8 Å². The number of nitrogens with zero attached hydrogens (tertiary/aromatic N) is 2. The number of nitrogens with one attached hydrogen (secondary N) is 1. The molecule has 156 valence electrons. The number of benzene rings is 3. The Bertz CT molecular complexity index is 1230. The highest BCUT2D eigenvalue weighted by molar-refractivity contribution is 5.93. The lowest BCUT2D eigenvalue weighted by Crippen LogP contribution is -2.38. The van der Waals surface area contributed by atoms with E-state index < -0.39 is 5.69 Å². The smallest absolute Gasteiger partial charge is 0.349 e. The van der Waals surface area contributed by atoms with Gasteiger partial charge in [0.25, 0.3) is 0 Å². The highest BCUT2D eigenvalue weighted by Gasteiger charge is 2.15. The van der Waals surface area contributed by atoms with Crippen LogP contribution in [0.1, 0.15) is 18.9 Å². The molecule has 0 fully saturated rings. The van der Waals surface area contributed by atoms with Gasteiger partial charge in [0.2, 0.25) is 5.91 Å². The van der Waals surface area contributed by atoms with Gasteiger partial charge in [0.1, 0.15) is 6.54 Å². The Labute approximate surface area is 181 Å². The summed E-state index contributed by atoms with van der Waals surface area (Å²) in [6, 6.07) is 27.4. The summed E-state index contributed by atoms with van der Waals surface area (Å²) in [5.74, 6) is -0.193. The number of rotatable bonds is 7. The molecule has 0 aliphatic heterocycles. The van der Waals surface area contributed by atoms with Crippen LogP contribution in [0.3, 0.4) is 0 Å². The average Bonchev–Trinajstić information content (AvgIpc) is 2.80. The van der Waals surface area contributed by atoms with E-state index in [2.05, 4.69) is 22.4 Å². The maximum Gasteiger partial charge on any atom is 0.349 e. The van der Waals surface area contributed by atoms with Crippen LogP contribution in [0.25, 0.3) is 22.2 Å². The second-order valence-corrected chi connectivity index (χ2v) is 7.71. The third-order valence-electron chi connectivity index (χ3n) is 5.35. The minimum atomic E-state index is -0.426. The summed E-state index contributed by atoms with van der Waals surface area (Å²) in [5, 5.41) is 3.86. The van der Waals surface area contributed by atoms with Crippen LogP contribution in [0.15, 0.2) is 89.7 Å². The fraction of sp³-hybridized carbons (Fsp3) is 0.192. The van der Waals surface area contributed by atoms with Crippen molar-refractivity contribution in [3.8, 4) is 11.3 Å². The van der Waals surface area contributed by atoms with E-state index in [0.29, 0.717) is 11.2 Å². The minimum Gasteiger partial charge on any atom is -0.352 e. The Morgan fingerprint density at radius 2 is 1.58 bits per heavy atom. The minimum absolute atomic E-state index is 0.00576. The molecule has 0 saturated heterocycles. The lowest BCUT2D eigenvalue weighted by molar-refractivity contribution is -0.122. The molecule has 1 amide bonds. The van der Waals surface area contributed by atoms with Crippen LogP contribution in [0.2, 0.25) is 0 Å². The number of hydrogen-bond acceptors (Lipinski definition) is 3. The first-order valence-electron chi connectivity index (χ1n) is 10.5. The third-order valence-corrected chi connectivity index (χ3v) is 5.35. The van der Waals surface area contributed by atoms with Crippen molar-refractivity contribution in [3.05, 3.63) is 101 Å². The van der Waals surface area contributed by atoms with E-state index in [9.17, 15) is 9.59 Å². The van der Waals surface area contributed by atoms with Crippen molar-refractivity contribution in [2.24, 2.45) is 0 Å².